The molecule has 0 radical (unpaired) electrons. The molecule has 5 aromatic carbocycles. The van der Waals surface area contributed by atoms with Crippen LogP contribution in [0, 0.1) is 6.92 Å². The second-order valence-corrected chi connectivity index (χ2v) is 6.47. The highest BCUT2D eigenvalue weighted by molar-refractivity contribution is 6.22. The predicted molar refractivity (Wildman–Crippen MR) is 103 cm³/mol. The molecule has 0 spiro atoms. The van der Waals surface area contributed by atoms with E-state index in [2.05, 4.69) is 66.7 Å². The summed E-state index contributed by atoms with van der Waals surface area (Å²) in [6.45, 7) is 1.94. The zero-order chi connectivity index (χ0) is 16.3. The van der Waals surface area contributed by atoms with Crippen LogP contribution in [0.25, 0.3) is 43.1 Å². The molecule has 1 heteroatoms. The Morgan fingerprint density at radius 2 is 1.12 bits per heavy atom. The van der Waals surface area contributed by atoms with Crippen molar-refractivity contribution in [3.05, 3.63) is 78.4 Å². The van der Waals surface area contributed by atoms with Crippen molar-refractivity contribution < 1.29 is 5.11 Å². The van der Waals surface area contributed by atoms with E-state index in [1.165, 1.54) is 32.3 Å². The summed E-state index contributed by atoms with van der Waals surface area (Å²) < 4.78 is 0. The average Bonchev–Trinajstić information content (AvgIpc) is 2.62. The van der Waals surface area contributed by atoms with Crippen LogP contribution in [0.5, 0.6) is 5.75 Å². The number of aryl methyl sites for hydroxylation is 1. The summed E-state index contributed by atoms with van der Waals surface area (Å²) in [4.78, 5) is 0. The molecule has 0 saturated heterocycles. The normalized spacial score (nSPS) is 11.7. The fraction of sp³-hybridized carbons (Fsp3) is 0.0435. The number of hydrogen-bond acceptors (Lipinski definition) is 1. The van der Waals surface area contributed by atoms with E-state index in [1.807, 2.05) is 13.0 Å². The highest BCUT2D eigenvalue weighted by Crippen LogP contribution is 2.36. The molecular formula is C23H16O. The van der Waals surface area contributed by atoms with Crippen LogP contribution in [0.4, 0.5) is 0 Å². The maximum atomic E-state index is 10.1. The third kappa shape index (κ3) is 1.75. The van der Waals surface area contributed by atoms with Crippen LogP contribution in [0.3, 0.4) is 0 Å². The Labute approximate surface area is 139 Å². The number of phenolic OH excluding ortho intramolecular Hbond substituents is 1. The summed E-state index contributed by atoms with van der Waals surface area (Å²) in [6.07, 6.45) is 0. The molecule has 0 fully saturated rings. The van der Waals surface area contributed by atoms with Gasteiger partial charge in [0.1, 0.15) is 5.75 Å². The topological polar surface area (TPSA) is 20.2 Å². The van der Waals surface area contributed by atoms with Gasteiger partial charge >= 0.3 is 0 Å². The minimum Gasteiger partial charge on any atom is -0.508 e. The summed E-state index contributed by atoms with van der Waals surface area (Å²) >= 11 is 0. The molecule has 1 N–H and O–H groups in total. The zero-order valence-corrected chi connectivity index (χ0v) is 13.4. The van der Waals surface area contributed by atoms with Crippen molar-refractivity contribution in [1.29, 1.82) is 0 Å². The fourth-order valence-corrected chi connectivity index (χ4v) is 3.79. The van der Waals surface area contributed by atoms with Gasteiger partial charge in [0.05, 0.1) is 0 Å². The molecule has 0 heterocycles. The molecule has 0 saturated carbocycles. The molecule has 1 nitrogen and oxygen atoms in total. The molecule has 24 heavy (non-hydrogen) atoms. The second kappa shape index (κ2) is 4.72. The summed E-state index contributed by atoms with van der Waals surface area (Å²) in [7, 11) is 0. The van der Waals surface area contributed by atoms with E-state index < -0.39 is 0 Å². The number of aromatic hydroxyl groups is 1. The first-order chi connectivity index (χ1) is 11.7. The average molecular weight is 308 g/mol. The van der Waals surface area contributed by atoms with Gasteiger partial charge in [0.2, 0.25) is 0 Å². The van der Waals surface area contributed by atoms with Gasteiger partial charge in [-0.25, -0.2) is 0 Å². The van der Waals surface area contributed by atoms with E-state index in [0.717, 1.165) is 16.3 Å². The lowest BCUT2D eigenvalue weighted by Gasteiger charge is -2.11. The predicted octanol–water partition coefficient (Wildman–Crippen LogP) is 6.31. The maximum Gasteiger partial charge on any atom is 0.119 e. The Balaban J connectivity index is 1.99. The lowest BCUT2D eigenvalue weighted by molar-refractivity contribution is 0.472. The molecule has 0 unspecified atom stereocenters. The van der Waals surface area contributed by atoms with Crippen LogP contribution in [0.15, 0.2) is 72.8 Å². The smallest absolute Gasteiger partial charge is 0.119 e. The standard InChI is InChI=1S/C23H16O/c1-14-12-16-7-9-20-19-8-6-15-4-2-3-5-17(15)18(19)10-11-21(20)22(16)13-23(14)24/h2-13,24H,1H3. The summed E-state index contributed by atoms with van der Waals surface area (Å²) in [6, 6.07) is 25.6. The van der Waals surface area contributed by atoms with E-state index in [0.29, 0.717) is 5.75 Å². The van der Waals surface area contributed by atoms with Crippen LogP contribution in [-0.4, -0.2) is 5.11 Å². The molecule has 0 amide bonds. The van der Waals surface area contributed by atoms with Crippen LogP contribution in [-0.2, 0) is 0 Å². The van der Waals surface area contributed by atoms with Gasteiger partial charge in [0, 0.05) is 0 Å². The number of fused-ring (bicyclic) bond motifs is 7. The summed E-state index contributed by atoms with van der Waals surface area (Å²) in [5.74, 6) is 0.355. The Kier molecular flexibility index (Phi) is 2.63. The van der Waals surface area contributed by atoms with Crippen molar-refractivity contribution in [1.82, 2.24) is 0 Å². The van der Waals surface area contributed by atoms with Gasteiger partial charge in [0.25, 0.3) is 0 Å². The second-order valence-electron chi connectivity index (χ2n) is 6.47. The Morgan fingerprint density at radius 1 is 0.542 bits per heavy atom. The number of rotatable bonds is 0. The largest absolute Gasteiger partial charge is 0.508 e. The van der Waals surface area contributed by atoms with Crippen LogP contribution in [0.1, 0.15) is 5.56 Å². The molecule has 0 aliphatic carbocycles. The van der Waals surface area contributed by atoms with Crippen molar-refractivity contribution in [2.45, 2.75) is 6.92 Å². The molecule has 0 aromatic heterocycles. The zero-order valence-electron chi connectivity index (χ0n) is 13.4. The molecule has 0 aliphatic heterocycles. The Morgan fingerprint density at radius 3 is 1.92 bits per heavy atom. The molecule has 5 aromatic rings. The molecule has 114 valence electrons. The van der Waals surface area contributed by atoms with Crippen molar-refractivity contribution in [2.75, 3.05) is 0 Å². The van der Waals surface area contributed by atoms with E-state index in [-0.39, 0.29) is 0 Å². The number of phenols is 1. The quantitative estimate of drug-likeness (QED) is 0.332. The van der Waals surface area contributed by atoms with E-state index in [4.69, 9.17) is 0 Å². The minimum absolute atomic E-state index is 0.355. The van der Waals surface area contributed by atoms with Crippen LogP contribution >= 0.6 is 0 Å². The molecule has 5 rings (SSSR count). The fourth-order valence-electron chi connectivity index (χ4n) is 3.79. The maximum absolute atomic E-state index is 10.1. The van der Waals surface area contributed by atoms with Gasteiger partial charge in [-0.1, -0.05) is 60.7 Å². The SMILES string of the molecule is Cc1cc2ccc3c(ccc4c5ccccc5ccc43)c2cc1O. The summed E-state index contributed by atoms with van der Waals surface area (Å²) in [5.41, 5.74) is 0.911. The van der Waals surface area contributed by atoms with Crippen molar-refractivity contribution in [3.8, 4) is 5.75 Å². The lowest BCUT2D eigenvalue weighted by Crippen LogP contribution is -1.84. The number of hydrogen-bond donors (Lipinski definition) is 1. The molecule has 0 aliphatic rings. The minimum atomic E-state index is 0.355. The van der Waals surface area contributed by atoms with Crippen molar-refractivity contribution in [2.24, 2.45) is 0 Å². The first-order valence-corrected chi connectivity index (χ1v) is 8.19. The Bertz CT molecular complexity index is 1270. The third-order valence-corrected chi connectivity index (χ3v) is 5.06. The first-order valence-electron chi connectivity index (χ1n) is 8.19. The first kappa shape index (κ1) is 13.4. The van der Waals surface area contributed by atoms with Crippen LogP contribution in [0.2, 0.25) is 0 Å². The molecule has 0 bridgehead atoms. The van der Waals surface area contributed by atoms with Crippen molar-refractivity contribution in [3.63, 3.8) is 0 Å². The van der Waals surface area contributed by atoms with Gasteiger partial charge in [0.15, 0.2) is 0 Å². The lowest BCUT2D eigenvalue weighted by atomic mass is 9.94. The van der Waals surface area contributed by atoms with Gasteiger partial charge in [-0.15, -0.1) is 0 Å². The number of benzene rings is 5. The van der Waals surface area contributed by atoms with Gasteiger partial charge < -0.3 is 5.11 Å². The van der Waals surface area contributed by atoms with Crippen LogP contribution < -0.4 is 0 Å². The van der Waals surface area contributed by atoms with E-state index in [9.17, 15) is 5.11 Å². The van der Waals surface area contributed by atoms with Gasteiger partial charge in [-0.3, -0.25) is 0 Å². The molecular weight excluding hydrogens is 292 g/mol. The summed E-state index contributed by atoms with van der Waals surface area (Å²) in [5, 5.41) is 19.9. The van der Waals surface area contributed by atoms with E-state index in [1.54, 1.807) is 0 Å². The van der Waals surface area contributed by atoms with Gasteiger partial charge in [-0.05, 0) is 67.7 Å². The Hall–Kier alpha value is -3.06. The third-order valence-electron chi connectivity index (χ3n) is 5.06. The van der Waals surface area contributed by atoms with Crippen molar-refractivity contribution >= 4 is 43.1 Å². The van der Waals surface area contributed by atoms with Gasteiger partial charge in [-0.2, -0.15) is 0 Å². The highest BCUT2D eigenvalue weighted by Gasteiger charge is 2.08. The van der Waals surface area contributed by atoms with E-state index >= 15 is 0 Å². The monoisotopic (exact) mass is 308 g/mol. The highest BCUT2D eigenvalue weighted by atomic mass is 16.3. The molecule has 0 atom stereocenters.